The molecule has 0 heterocycles. The highest BCUT2D eigenvalue weighted by atomic mass is 32.1. The second-order valence-corrected chi connectivity index (χ2v) is 4.67. The Bertz CT molecular complexity index is 343. The van der Waals surface area contributed by atoms with Crippen LogP contribution < -0.4 is 10.6 Å². The molecule has 2 N–H and O–H groups in total. The van der Waals surface area contributed by atoms with Crippen molar-refractivity contribution >= 4 is 17.3 Å². The fourth-order valence-electron chi connectivity index (χ4n) is 1.52. The Morgan fingerprint density at radius 2 is 1.56 bits per heavy atom. The number of hydrogen-bond acceptors (Lipinski definition) is 1. The average molecular weight is 236 g/mol. The SMILES string of the molecule is CNC(=S)NC(C)c1ccc(C(C)C)cc1. The molecule has 0 radical (unpaired) electrons. The molecule has 16 heavy (non-hydrogen) atoms. The lowest BCUT2D eigenvalue weighted by Gasteiger charge is -2.16. The molecule has 88 valence electrons. The molecule has 1 aromatic rings. The minimum atomic E-state index is 0.237. The van der Waals surface area contributed by atoms with Crippen LogP contribution in [-0.4, -0.2) is 12.2 Å². The summed E-state index contributed by atoms with van der Waals surface area (Å²) in [5.41, 5.74) is 2.62. The molecule has 0 fully saturated rings. The number of benzene rings is 1. The Morgan fingerprint density at radius 3 is 2.00 bits per heavy atom. The lowest BCUT2D eigenvalue weighted by molar-refractivity contribution is 0.708. The van der Waals surface area contributed by atoms with Gasteiger partial charge in [-0.25, -0.2) is 0 Å². The van der Waals surface area contributed by atoms with E-state index in [1.807, 2.05) is 7.05 Å². The summed E-state index contributed by atoms with van der Waals surface area (Å²) in [7, 11) is 1.82. The monoisotopic (exact) mass is 236 g/mol. The van der Waals surface area contributed by atoms with Gasteiger partial charge in [0.25, 0.3) is 0 Å². The van der Waals surface area contributed by atoms with E-state index < -0.39 is 0 Å². The smallest absolute Gasteiger partial charge is 0.166 e. The Balaban J connectivity index is 2.70. The summed E-state index contributed by atoms with van der Waals surface area (Å²) >= 11 is 5.08. The zero-order chi connectivity index (χ0) is 12.1. The summed E-state index contributed by atoms with van der Waals surface area (Å²) in [5, 5.41) is 6.81. The average Bonchev–Trinajstić information content (AvgIpc) is 2.28. The first-order valence-electron chi connectivity index (χ1n) is 5.62. The van der Waals surface area contributed by atoms with Crippen LogP contribution in [0.2, 0.25) is 0 Å². The van der Waals surface area contributed by atoms with Crippen LogP contribution in [0.25, 0.3) is 0 Å². The molecule has 1 unspecified atom stereocenters. The van der Waals surface area contributed by atoms with Gasteiger partial charge in [-0.3, -0.25) is 0 Å². The van der Waals surface area contributed by atoms with Crippen molar-refractivity contribution < 1.29 is 0 Å². The number of nitrogens with one attached hydrogen (secondary N) is 2. The van der Waals surface area contributed by atoms with Gasteiger partial charge in [0.15, 0.2) is 5.11 Å². The maximum Gasteiger partial charge on any atom is 0.166 e. The quantitative estimate of drug-likeness (QED) is 0.789. The van der Waals surface area contributed by atoms with E-state index in [0.717, 1.165) is 0 Å². The first-order valence-corrected chi connectivity index (χ1v) is 6.03. The van der Waals surface area contributed by atoms with Crippen molar-refractivity contribution in [1.29, 1.82) is 0 Å². The third-order valence-electron chi connectivity index (χ3n) is 2.68. The van der Waals surface area contributed by atoms with Crippen LogP contribution in [0, 0.1) is 0 Å². The Kier molecular flexibility index (Phi) is 4.74. The minimum absolute atomic E-state index is 0.237. The highest BCUT2D eigenvalue weighted by molar-refractivity contribution is 7.80. The topological polar surface area (TPSA) is 24.1 Å². The third kappa shape index (κ3) is 3.49. The molecule has 0 aliphatic heterocycles. The molecular weight excluding hydrogens is 216 g/mol. The van der Waals surface area contributed by atoms with Crippen molar-refractivity contribution in [1.82, 2.24) is 10.6 Å². The zero-order valence-electron chi connectivity index (χ0n) is 10.4. The molecule has 1 rings (SSSR count). The molecule has 3 heteroatoms. The summed E-state index contributed by atoms with van der Waals surface area (Å²) in [5.74, 6) is 0.579. The maximum absolute atomic E-state index is 5.08. The fraction of sp³-hybridized carbons (Fsp3) is 0.462. The first-order chi connectivity index (χ1) is 7.54. The van der Waals surface area contributed by atoms with E-state index in [-0.39, 0.29) is 6.04 Å². The highest BCUT2D eigenvalue weighted by Crippen LogP contribution is 2.18. The van der Waals surface area contributed by atoms with E-state index in [0.29, 0.717) is 11.0 Å². The van der Waals surface area contributed by atoms with Gasteiger partial charge in [0, 0.05) is 7.05 Å². The number of rotatable bonds is 3. The maximum atomic E-state index is 5.08. The summed E-state index contributed by atoms with van der Waals surface area (Å²) < 4.78 is 0. The van der Waals surface area contributed by atoms with Gasteiger partial charge >= 0.3 is 0 Å². The van der Waals surface area contributed by atoms with E-state index >= 15 is 0 Å². The van der Waals surface area contributed by atoms with E-state index in [1.54, 1.807) is 0 Å². The standard InChI is InChI=1S/C13H20N2S/c1-9(2)11-5-7-12(8-6-11)10(3)15-13(16)14-4/h5-10H,1-4H3,(H2,14,15,16). The molecule has 0 aromatic heterocycles. The van der Waals surface area contributed by atoms with Crippen LogP contribution >= 0.6 is 12.2 Å². The summed E-state index contributed by atoms with van der Waals surface area (Å²) in [6.45, 7) is 6.51. The van der Waals surface area contributed by atoms with Gasteiger partial charge in [0.05, 0.1) is 6.04 Å². The van der Waals surface area contributed by atoms with Gasteiger partial charge < -0.3 is 10.6 Å². The van der Waals surface area contributed by atoms with Gasteiger partial charge in [0.1, 0.15) is 0 Å². The Morgan fingerprint density at radius 1 is 1.06 bits per heavy atom. The van der Waals surface area contributed by atoms with Crippen molar-refractivity contribution in [2.75, 3.05) is 7.05 Å². The van der Waals surface area contributed by atoms with Crippen LogP contribution in [0.4, 0.5) is 0 Å². The molecule has 0 aliphatic rings. The molecule has 0 amide bonds. The second-order valence-electron chi connectivity index (χ2n) is 4.27. The predicted molar refractivity (Wildman–Crippen MR) is 73.7 cm³/mol. The van der Waals surface area contributed by atoms with Gasteiger partial charge in [-0.05, 0) is 36.2 Å². The molecule has 1 atom stereocenters. The molecule has 2 nitrogen and oxygen atoms in total. The zero-order valence-corrected chi connectivity index (χ0v) is 11.2. The second kappa shape index (κ2) is 5.85. The molecular formula is C13H20N2S. The van der Waals surface area contributed by atoms with Crippen molar-refractivity contribution in [2.45, 2.75) is 32.7 Å². The third-order valence-corrected chi connectivity index (χ3v) is 3.00. The van der Waals surface area contributed by atoms with Gasteiger partial charge in [0.2, 0.25) is 0 Å². The van der Waals surface area contributed by atoms with Crippen LogP contribution in [0.15, 0.2) is 24.3 Å². The van der Waals surface area contributed by atoms with E-state index in [1.165, 1.54) is 11.1 Å². The predicted octanol–water partition coefficient (Wildman–Crippen LogP) is 2.96. The summed E-state index contributed by atoms with van der Waals surface area (Å²) in [4.78, 5) is 0. The first kappa shape index (κ1) is 13.0. The van der Waals surface area contributed by atoms with Crippen molar-refractivity contribution in [3.05, 3.63) is 35.4 Å². The van der Waals surface area contributed by atoms with Crippen molar-refractivity contribution in [3.63, 3.8) is 0 Å². The van der Waals surface area contributed by atoms with Crippen LogP contribution in [-0.2, 0) is 0 Å². The van der Waals surface area contributed by atoms with Crippen LogP contribution in [0.1, 0.15) is 43.9 Å². The molecule has 0 saturated carbocycles. The summed E-state index contributed by atoms with van der Waals surface area (Å²) in [6, 6.07) is 8.92. The van der Waals surface area contributed by atoms with Crippen LogP contribution in [0.3, 0.4) is 0 Å². The number of hydrogen-bond donors (Lipinski definition) is 2. The lowest BCUT2D eigenvalue weighted by atomic mass is 10.00. The minimum Gasteiger partial charge on any atom is -0.366 e. The van der Waals surface area contributed by atoms with Gasteiger partial charge in [-0.1, -0.05) is 38.1 Å². The molecule has 0 saturated heterocycles. The fourth-order valence-corrected chi connectivity index (χ4v) is 1.70. The molecule has 0 bridgehead atoms. The van der Waals surface area contributed by atoms with Crippen LogP contribution in [0.5, 0.6) is 0 Å². The van der Waals surface area contributed by atoms with E-state index in [4.69, 9.17) is 12.2 Å². The number of thiocarbonyl (C=S) groups is 1. The van der Waals surface area contributed by atoms with Crippen molar-refractivity contribution in [3.8, 4) is 0 Å². The molecule has 0 aliphatic carbocycles. The molecule has 0 spiro atoms. The van der Waals surface area contributed by atoms with Gasteiger partial charge in [-0.15, -0.1) is 0 Å². The molecule has 1 aromatic carbocycles. The Hall–Kier alpha value is -1.09. The van der Waals surface area contributed by atoms with E-state index in [9.17, 15) is 0 Å². The van der Waals surface area contributed by atoms with Crippen molar-refractivity contribution in [2.24, 2.45) is 0 Å². The van der Waals surface area contributed by atoms with E-state index in [2.05, 4.69) is 55.7 Å². The summed E-state index contributed by atoms with van der Waals surface area (Å²) in [6.07, 6.45) is 0. The normalized spacial score (nSPS) is 12.3. The Labute approximate surface area is 103 Å². The lowest BCUT2D eigenvalue weighted by Crippen LogP contribution is -2.34. The highest BCUT2D eigenvalue weighted by Gasteiger charge is 2.06. The largest absolute Gasteiger partial charge is 0.366 e. The van der Waals surface area contributed by atoms with Gasteiger partial charge in [-0.2, -0.15) is 0 Å².